The second kappa shape index (κ2) is 5.52. The van der Waals surface area contributed by atoms with Gasteiger partial charge >= 0.3 is 0 Å². The molecule has 20 heavy (non-hydrogen) atoms. The monoisotopic (exact) mass is 295 g/mol. The minimum atomic E-state index is 0.155. The van der Waals surface area contributed by atoms with Crippen molar-refractivity contribution in [3.63, 3.8) is 0 Å². The fraction of sp³-hybridized carbons (Fsp3) is 0.533. The van der Waals surface area contributed by atoms with E-state index in [0.717, 1.165) is 24.9 Å². The topological polar surface area (TPSA) is 38.8 Å². The number of nitrogens with zero attached hydrogens (tertiary/aromatic N) is 1. The number of carbonyl (C=O) groups is 1. The molecule has 0 saturated heterocycles. The third-order valence-electron chi connectivity index (χ3n) is 3.66. The molecule has 0 N–H and O–H groups in total. The number of halogens is 1. The molecule has 0 spiro atoms. The van der Waals surface area contributed by atoms with Crippen LogP contribution < -0.4 is 9.47 Å². The van der Waals surface area contributed by atoms with Gasteiger partial charge < -0.3 is 14.4 Å². The van der Waals surface area contributed by atoms with E-state index < -0.39 is 0 Å². The molecule has 5 heteroatoms. The first kappa shape index (κ1) is 13.6. The molecule has 1 heterocycles. The van der Waals surface area contributed by atoms with E-state index in [1.54, 1.807) is 6.07 Å². The van der Waals surface area contributed by atoms with Crippen molar-refractivity contribution in [1.29, 1.82) is 0 Å². The number of carbonyl (C=O) groups excluding carboxylic acids is 1. The van der Waals surface area contributed by atoms with Crippen LogP contribution in [0.15, 0.2) is 12.1 Å². The molecule has 0 radical (unpaired) electrons. The van der Waals surface area contributed by atoms with Gasteiger partial charge in [0.2, 0.25) is 5.91 Å². The van der Waals surface area contributed by atoms with E-state index >= 15 is 0 Å². The average Bonchev–Trinajstić information content (AvgIpc) is 3.24. The van der Waals surface area contributed by atoms with E-state index in [9.17, 15) is 4.79 Å². The maximum absolute atomic E-state index is 12.3. The standard InChI is InChI=1S/C15H18ClNO3/c1-2-17(11-3-4-11)14(18)9-10-7-12(16)15-13(8-10)19-5-6-20-15/h7-8,11H,2-6,9H2,1H3. The largest absolute Gasteiger partial charge is 0.486 e. The van der Waals surface area contributed by atoms with E-state index in [-0.39, 0.29) is 5.91 Å². The van der Waals surface area contributed by atoms with Gasteiger partial charge in [-0.1, -0.05) is 11.6 Å². The van der Waals surface area contributed by atoms with Crippen molar-refractivity contribution >= 4 is 17.5 Å². The number of hydrogen-bond donors (Lipinski definition) is 0. The summed E-state index contributed by atoms with van der Waals surface area (Å²) in [6.07, 6.45) is 2.61. The van der Waals surface area contributed by atoms with Gasteiger partial charge in [-0.3, -0.25) is 4.79 Å². The third kappa shape index (κ3) is 2.70. The summed E-state index contributed by atoms with van der Waals surface area (Å²) in [5.74, 6) is 1.38. The van der Waals surface area contributed by atoms with Gasteiger partial charge in [0.1, 0.15) is 13.2 Å². The summed E-state index contributed by atoms with van der Waals surface area (Å²) in [7, 11) is 0. The van der Waals surface area contributed by atoms with Crippen molar-refractivity contribution in [3.05, 3.63) is 22.7 Å². The highest BCUT2D eigenvalue weighted by Gasteiger charge is 2.31. The zero-order valence-corrected chi connectivity index (χ0v) is 12.3. The molecule has 4 nitrogen and oxygen atoms in total. The van der Waals surface area contributed by atoms with Crippen molar-refractivity contribution in [1.82, 2.24) is 4.90 Å². The number of fused-ring (bicyclic) bond motifs is 1. The zero-order valence-electron chi connectivity index (χ0n) is 11.5. The predicted molar refractivity (Wildman–Crippen MR) is 76.6 cm³/mol. The average molecular weight is 296 g/mol. The van der Waals surface area contributed by atoms with Crippen LogP contribution in [0.3, 0.4) is 0 Å². The summed E-state index contributed by atoms with van der Waals surface area (Å²) in [4.78, 5) is 14.3. The van der Waals surface area contributed by atoms with Crippen LogP contribution in [-0.4, -0.2) is 36.6 Å². The van der Waals surface area contributed by atoms with Gasteiger partial charge in [-0.05, 0) is 37.5 Å². The smallest absolute Gasteiger partial charge is 0.227 e. The van der Waals surface area contributed by atoms with Gasteiger partial charge in [-0.15, -0.1) is 0 Å². The van der Waals surface area contributed by atoms with Crippen LogP contribution >= 0.6 is 11.6 Å². The lowest BCUT2D eigenvalue weighted by atomic mass is 10.1. The first-order chi connectivity index (χ1) is 9.69. The molecule has 1 saturated carbocycles. The zero-order chi connectivity index (χ0) is 14.1. The summed E-state index contributed by atoms with van der Waals surface area (Å²) in [5, 5.41) is 0.513. The lowest BCUT2D eigenvalue weighted by molar-refractivity contribution is -0.130. The van der Waals surface area contributed by atoms with Crippen LogP contribution in [0.5, 0.6) is 11.5 Å². The molecule has 1 aliphatic heterocycles. The highest BCUT2D eigenvalue weighted by atomic mass is 35.5. The van der Waals surface area contributed by atoms with E-state index in [1.807, 2.05) is 17.9 Å². The maximum Gasteiger partial charge on any atom is 0.227 e. The lowest BCUT2D eigenvalue weighted by Gasteiger charge is -2.22. The van der Waals surface area contributed by atoms with Gasteiger partial charge in [0.05, 0.1) is 11.4 Å². The molecular weight excluding hydrogens is 278 g/mol. The molecule has 1 aliphatic carbocycles. The molecule has 0 bridgehead atoms. The highest BCUT2D eigenvalue weighted by Crippen LogP contribution is 2.38. The minimum Gasteiger partial charge on any atom is -0.486 e. The Kier molecular flexibility index (Phi) is 3.74. The Balaban J connectivity index is 1.77. The number of ether oxygens (including phenoxy) is 2. The number of amides is 1. The number of benzene rings is 1. The maximum atomic E-state index is 12.3. The van der Waals surface area contributed by atoms with Gasteiger partial charge in [-0.2, -0.15) is 0 Å². The Labute approximate surface area is 123 Å². The van der Waals surface area contributed by atoms with Crippen molar-refractivity contribution in [2.24, 2.45) is 0 Å². The summed E-state index contributed by atoms with van der Waals surface area (Å²) in [5.41, 5.74) is 0.878. The van der Waals surface area contributed by atoms with E-state index in [1.165, 1.54) is 0 Å². The van der Waals surface area contributed by atoms with Gasteiger partial charge in [0.25, 0.3) is 0 Å². The molecule has 1 aromatic rings. The van der Waals surface area contributed by atoms with Crippen LogP contribution in [-0.2, 0) is 11.2 Å². The second-order valence-corrected chi connectivity index (χ2v) is 5.60. The quantitative estimate of drug-likeness (QED) is 0.857. The van der Waals surface area contributed by atoms with Crippen LogP contribution in [0.25, 0.3) is 0 Å². The van der Waals surface area contributed by atoms with Crippen LogP contribution in [0.2, 0.25) is 5.02 Å². The summed E-state index contributed by atoms with van der Waals surface area (Å²) < 4.78 is 11.0. The molecule has 0 aromatic heterocycles. The predicted octanol–water partition coefficient (Wildman–Crippen LogP) is 2.66. The molecule has 1 fully saturated rings. The van der Waals surface area contributed by atoms with Crippen molar-refractivity contribution in [3.8, 4) is 11.5 Å². The lowest BCUT2D eigenvalue weighted by Crippen LogP contribution is -2.34. The number of rotatable bonds is 4. The Morgan fingerprint density at radius 3 is 2.80 bits per heavy atom. The van der Waals surface area contributed by atoms with E-state index in [2.05, 4.69) is 0 Å². The minimum absolute atomic E-state index is 0.155. The van der Waals surface area contributed by atoms with Gasteiger partial charge in [-0.25, -0.2) is 0 Å². The third-order valence-corrected chi connectivity index (χ3v) is 3.94. The Bertz CT molecular complexity index is 528. The molecule has 2 aliphatic rings. The number of likely N-dealkylation sites (N-methyl/N-ethyl adjacent to an activating group) is 1. The molecule has 1 amide bonds. The fourth-order valence-electron chi connectivity index (χ4n) is 2.57. The molecule has 0 unspecified atom stereocenters. The van der Waals surface area contributed by atoms with Crippen molar-refractivity contribution in [2.75, 3.05) is 19.8 Å². The fourth-order valence-corrected chi connectivity index (χ4v) is 2.85. The van der Waals surface area contributed by atoms with Crippen LogP contribution in [0, 0.1) is 0 Å². The van der Waals surface area contributed by atoms with Crippen molar-refractivity contribution in [2.45, 2.75) is 32.2 Å². The first-order valence-corrected chi connectivity index (χ1v) is 7.44. The Hall–Kier alpha value is -1.42. The molecule has 3 rings (SSSR count). The van der Waals surface area contributed by atoms with Crippen LogP contribution in [0.1, 0.15) is 25.3 Å². The summed E-state index contributed by atoms with van der Waals surface area (Å²) in [6, 6.07) is 4.10. The highest BCUT2D eigenvalue weighted by molar-refractivity contribution is 6.32. The van der Waals surface area contributed by atoms with Crippen LogP contribution in [0.4, 0.5) is 0 Å². The van der Waals surface area contributed by atoms with E-state index in [4.69, 9.17) is 21.1 Å². The number of hydrogen-bond acceptors (Lipinski definition) is 3. The molecular formula is C15H18ClNO3. The van der Waals surface area contributed by atoms with Crippen molar-refractivity contribution < 1.29 is 14.3 Å². The van der Waals surface area contributed by atoms with E-state index in [0.29, 0.717) is 42.2 Å². The normalized spacial score (nSPS) is 16.9. The Morgan fingerprint density at radius 1 is 1.35 bits per heavy atom. The first-order valence-electron chi connectivity index (χ1n) is 7.06. The second-order valence-electron chi connectivity index (χ2n) is 5.19. The van der Waals surface area contributed by atoms with Gasteiger partial charge in [0.15, 0.2) is 11.5 Å². The molecule has 0 atom stereocenters. The summed E-state index contributed by atoms with van der Waals surface area (Å²) >= 11 is 6.19. The SMILES string of the molecule is CCN(C(=O)Cc1cc(Cl)c2c(c1)OCCO2)C1CC1. The molecule has 1 aromatic carbocycles. The Morgan fingerprint density at radius 2 is 2.10 bits per heavy atom. The molecule has 108 valence electrons. The summed E-state index contributed by atoms with van der Waals surface area (Å²) in [6.45, 7) is 3.81. The van der Waals surface area contributed by atoms with Gasteiger partial charge in [0, 0.05) is 12.6 Å².